The summed E-state index contributed by atoms with van der Waals surface area (Å²) in [4.78, 5) is 7.92. The summed E-state index contributed by atoms with van der Waals surface area (Å²) < 4.78 is 6.57. The second-order valence-corrected chi connectivity index (χ2v) is 9.08. The number of aromatic nitrogens is 2. The molecule has 2 N–H and O–H groups in total. The van der Waals surface area contributed by atoms with E-state index in [-0.39, 0.29) is 0 Å². The Bertz CT molecular complexity index is 1300. The first-order chi connectivity index (χ1) is 16.1. The Morgan fingerprint density at radius 3 is 2.48 bits per heavy atom. The zero-order valence-electron chi connectivity index (χ0n) is 17.9. The van der Waals surface area contributed by atoms with Crippen LogP contribution in [0.25, 0.3) is 22.2 Å². The predicted octanol–water partition coefficient (Wildman–Crippen LogP) is 6.20. The van der Waals surface area contributed by atoms with Crippen molar-refractivity contribution in [3.05, 3.63) is 87.7 Å². The van der Waals surface area contributed by atoms with Crippen LogP contribution in [0.4, 0.5) is 0 Å². The Kier molecular flexibility index (Phi) is 6.09. The summed E-state index contributed by atoms with van der Waals surface area (Å²) in [5, 5.41) is 13.6. The molecule has 0 bridgehead atoms. The molecule has 33 heavy (non-hydrogen) atoms. The van der Waals surface area contributed by atoms with Gasteiger partial charge < -0.3 is 15.0 Å². The summed E-state index contributed by atoms with van der Waals surface area (Å²) in [5.41, 5.74) is 5.12. The molecular weight excluding hydrogens is 455 g/mol. The maximum atomic E-state index is 9.19. The molecule has 3 aromatic carbocycles. The number of nitrogens with one attached hydrogen (secondary N) is 2. The van der Waals surface area contributed by atoms with E-state index in [1.54, 1.807) is 12.1 Å². The van der Waals surface area contributed by atoms with Crippen molar-refractivity contribution in [3.8, 4) is 17.2 Å². The molecule has 5 rings (SSSR count). The standard InChI is InChI=1S/C26H22Cl2N4O/c27-21-13-23-24(14-22(21)28)32-25(31-23)16-33-26(8-10-30-11-9-26)20-6-4-18(5-7-20)19-3-1-2-17(12-19)15-29/h1-7,12-14,30H,8-11,16H2,(H,31,32). The van der Waals surface area contributed by atoms with Crippen molar-refractivity contribution in [2.45, 2.75) is 25.0 Å². The van der Waals surface area contributed by atoms with Gasteiger partial charge in [0.25, 0.3) is 0 Å². The molecule has 5 nitrogen and oxygen atoms in total. The van der Waals surface area contributed by atoms with E-state index in [0.29, 0.717) is 22.2 Å². The highest BCUT2D eigenvalue weighted by Crippen LogP contribution is 2.37. The van der Waals surface area contributed by atoms with E-state index in [1.807, 2.05) is 24.3 Å². The minimum Gasteiger partial charge on any atom is -0.362 e. The Morgan fingerprint density at radius 2 is 1.73 bits per heavy atom. The van der Waals surface area contributed by atoms with Gasteiger partial charge in [-0.15, -0.1) is 0 Å². The van der Waals surface area contributed by atoms with Crippen LogP contribution in [0.15, 0.2) is 60.7 Å². The van der Waals surface area contributed by atoms with Crippen LogP contribution in [-0.2, 0) is 16.9 Å². The fourth-order valence-electron chi connectivity index (χ4n) is 4.41. The second kappa shape index (κ2) is 9.17. The monoisotopic (exact) mass is 476 g/mol. The minimum absolute atomic E-state index is 0.357. The Labute approximate surface area is 202 Å². The maximum absolute atomic E-state index is 9.19. The molecule has 1 aliphatic heterocycles. The lowest BCUT2D eigenvalue weighted by molar-refractivity contribution is -0.0839. The molecule has 0 amide bonds. The lowest BCUT2D eigenvalue weighted by Crippen LogP contribution is -2.41. The number of rotatable bonds is 5. The Morgan fingerprint density at radius 1 is 0.970 bits per heavy atom. The number of benzene rings is 3. The number of hydrogen-bond acceptors (Lipinski definition) is 4. The van der Waals surface area contributed by atoms with Crippen LogP contribution in [0.5, 0.6) is 0 Å². The number of nitrogens with zero attached hydrogens (tertiary/aromatic N) is 2. The number of H-pyrrole nitrogens is 1. The van der Waals surface area contributed by atoms with Crippen LogP contribution in [0.1, 0.15) is 29.8 Å². The van der Waals surface area contributed by atoms with Crippen molar-refractivity contribution in [2.75, 3.05) is 13.1 Å². The van der Waals surface area contributed by atoms with Crippen molar-refractivity contribution in [1.82, 2.24) is 15.3 Å². The van der Waals surface area contributed by atoms with E-state index in [4.69, 9.17) is 27.9 Å². The smallest absolute Gasteiger partial charge is 0.133 e. The van der Waals surface area contributed by atoms with E-state index in [9.17, 15) is 5.26 Å². The van der Waals surface area contributed by atoms with E-state index < -0.39 is 5.60 Å². The number of fused-ring (bicyclic) bond motifs is 1. The number of piperidine rings is 1. The number of aromatic amines is 1. The normalized spacial score (nSPS) is 15.4. The molecule has 0 spiro atoms. The first-order valence-corrected chi connectivity index (χ1v) is 11.6. The van der Waals surface area contributed by atoms with Gasteiger partial charge in [0.2, 0.25) is 0 Å². The van der Waals surface area contributed by atoms with E-state index in [1.165, 1.54) is 0 Å². The lowest BCUT2D eigenvalue weighted by Gasteiger charge is -2.38. The van der Waals surface area contributed by atoms with Gasteiger partial charge in [0.05, 0.1) is 38.3 Å². The van der Waals surface area contributed by atoms with Gasteiger partial charge in [0, 0.05) is 0 Å². The fraction of sp³-hybridized carbons (Fsp3) is 0.231. The third-order valence-electron chi connectivity index (χ3n) is 6.21. The SMILES string of the molecule is N#Cc1cccc(-c2ccc(C3(OCc4nc5cc(Cl)c(Cl)cc5[nH]4)CCNCC3)cc2)c1. The van der Waals surface area contributed by atoms with Crippen LogP contribution < -0.4 is 5.32 Å². The van der Waals surface area contributed by atoms with Crippen molar-refractivity contribution >= 4 is 34.2 Å². The van der Waals surface area contributed by atoms with Gasteiger partial charge in [0.15, 0.2) is 0 Å². The Balaban J connectivity index is 1.40. The van der Waals surface area contributed by atoms with Crippen LogP contribution >= 0.6 is 23.2 Å². The first-order valence-electron chi connectivity index (χ1n) is 10.9. The molecule has 1 aliphatic rings. The van der Waals surface area contributed by atoms with E-state index in [0.717, 1.165) is 59.5 Å². The average molecular weight is 477 g/mol. The summed E-state index contributed by atoms with van der Waals surface area (Å²) in [6.07, 6.45) is 1.74. The molecule has 0 atom stereocenters. The summed E-state index contributed by atoms with van der Waals surface area (Å²) in [5.74, 6) is 0.742. The third-order valence-corrected chi connectivity index (χ3v) is 6.93. The second-order valence-electron chi connectivity index (χ2n) is 8.27. The molecule has 4 aromatic rings. The number of nitriles is 1. The van der Waals surface area contributed by atoms with Gasteiger partial charge in [-0.1, -0.05) is 59.6 Å². The average Bonchev–Trinajstić information content (AvgIpc) is 3.25. The molecule has 1 fully saturated rings. The van der Waals surface area contributed by atoms with E-state index in [2.05, 4.69) is 45.6 Å². The maximum Gasteiger partial charge on any atom is 0.133 e. The quantitative estimate of drug-likeness (QED) is 0.359. The minimum atomic E-state index is -0.396. The molecule has 0 aliphatic carbocycles. The van der Waals surface area contributed by atoms with Gasteiger partial charge >= 0.3 is 0 Å². The van der Waals surface area contributed by atoms with Crippen LogP contribution in [0, 0.1) is 11.3 Å². The van der Waals surface area contributed by atoms with Gasteiger partial charge in [-0.2, -0.15) is 5.26 Å². The summed E-state index contributed by atoms with van der Waals surface area (Å²) >= 11 is 12.3. The third kappa shape index (κ3) is 4.48. The molecule has 1 saturated heterocycles. The van der Waals surface area contributed by atoms with Crippen LogP contribution in [0.2, 0.25) is 10.0 Å². The van der Waals surface area contributed by atoms with Crippen molar-refractivity contribution in [2.24, 2.45) is 0 Å². The molecule has 7 heteroatoms. The molecule has 0 unspecified atom stereocenters. The van der Waals surface area contributed by atoms with Crippen molar-refractivity contribution in [1.29, 1.82) is 5.26 Å². The number of imidazole rings is 1. The van der Waals surface area contributed by atoms with Gasteiger partial charge in [0.1, 0.15) is 12.4 Å². The van der Waals surface area contributed by atoms with Gasteiger partial charge in [-0.3, -0.25) is 0 Å². The first kappa shape index (κ1) is 21.9. The lowest BCUT2D eigenvalue weighted by atomic mass is 9.84. The molecule has 0 radical (unpaired) electrons. The molecule has 166 valence electrons. The van der Waals surface area contributed by atoms with Gasteiger partial charge in [-0.25, -0.2) is 4.98 Å². The Hall–Kier alpha value is -2.88. The number of hydrogen-bond donors (Lipinski definition) is 2. The summed E-state index contributed by atoms with van der Waals surface area (Å²) in [6, 6.07) is 21.9. The fourth-order valence-corrected chi connectivity index (χ4v) is 4.74. The highest BCUT2D eigenvalue weighted by Gasteiger charge is 2.35. The predicted molar refractivity (Wildman–Crippen MR) is 131 cm³/mol. The highest BCUT2D eigenvalue weighted by atomic mass is 35.5. The molecular formula is C26H22Cl2N4O. The molecule has 1 aromatic heterocycles. The van der Waals surface area contributed by atoms with Crippen molar-refractivity contribution < 1.29 is 4.74 Å². The topological polar surface area (TPSA) is 73.7 Å². The van der Waals surface area contributed by atoms with E-state index >= 15 is 0 Å². The summed E-state index contributed by atoms with van der Waals surface area (Å²) in [6.45, 7) is 2.13. The summed E-state index contributed by atoms with van der Waals surface area (Å²) in [7, 11) is 0. The number of halogens is 2. The number of ether oxygens (including phenoxy) is 1. The van der Waals surface area contributed by atoms with Crippen LogP contribution in [-0.4, -0.2) is 23.1 Å². The van der Waals surface area contributed by atoms with Crippen LogP contribution in [0.3, 0.4) is 0 Å². The largest absolute Gasteiger partial charge is 0.362 e. The van der Waals surface area contributed by atoms with Crippen molar-refractivity contribution in [3.63, 3.8) is 0 Å². The zero-order chi connectivity index (χ0) is 22.8. The van der Waals surface area contributed by atoms with Gasteiger partial charge in [-0.05, 0) is 66.9 Å². The highest BCUT2D eigenvalue weighted by molar-refractivity contribution is 6.42. The zero-order valence-corrected chi connectivity index (χ0v) is 19.4. The molecule has 0 saturated carbocycles. The molecule has 2 heterocycles.